The van der Waals surface area contributed by atoms with Crippen molar-refractivity contribution in [3.8, 4) is 0 Å². The Kier molecular flexibility index (Phi) is 6.61. The lowest BCUT2D eigenvalue weighted by molar-refractivity contribution is -0.135. The lowest BCUT2D eigenvalue weighted by Crippen LogP contribution is -2.38. The molecule has 0 aromatic rings. The van der Waals surface area contributed by atoms with Gasteiger partial charge in [0.2, 0.25) is 5.91 Å². The van der Waals surface area contributed by atoms with Crippen molar-refractivity contribution in [3.63, 3.8) is 0 Å². The number of hydrogen-bond acceptors (Lipinski definition) is 2. The fourth-order valence-corrected chi connectivity index (χ4v) is 3.34. The molecule has 0 spiro atoms. The molecule has 2 N–H and O–H groups in total. The van der Waals surface area contributed by atoms with Crippen molar-refractivity contribution < 1.29 is 4.79 Å². The second kappa shape index (κ2) is 7.49. The summed E-state index contributed by atoms with van der Waals surface area (Å²) in [6.07, 6.45) is 9.73. The first-order valence-electron chi connectivity index (χ1n) is 7.63. The second-order valence-electron chi connectivity index (χ2n) is 6.57. The second-order valence-corrected chi connectivity index (χ2v) is 6.57. The Morgan fingerprint density at radius 3 is 2.32 bits per heavy atom. The van der Waals surface area contributed by atoms with Gasteiger partial charge in [0.05, 0.1) is 0 Å². The predicted molar refractivity (Wildman–Crippen MR) is 81.4 cm³/mol. The van der Waals surface area contributed by atoms with E-state index in [2.05, 4.69) is 11.8 Å². The molecule has 1 aliphatic carbocycles. The van der Waals surface area contributed by atoms with Crippen LogP contribution >= 0.6 is 12.4 Å². The standard InChI is InChI=1S/C15H28N2O.ClH/c1-15(11-16)9-10-17(12-15)14(18)13-7-5-3-2-4-6-8-13;/h13H,2-12,16H2,1H3;1H. The van der Waals surface area contributed by atoms with Gasteiger partial charge in [-0.2, -0.15) is 0 Å². The van der Waals surface area contributed by atoms with Crippen LogP contribution in [0.15, 0.2) is 0 Å². The molecule has 2 fully saturated rings. The summed E-state index contributed by atoms with van der Waals surface area (Å²) in [7, 11) is 0. The Morgan fingerprint density at radius 2 is 1.79 bits per heavy atom. The minimum atomic E-state index is 0. The van der Waals surface area contributed by atoms with Crippen LogP contribution in [-0.2, 0) is 4.79 Å². The van der Waals surface area contributed by atoms with Gasteiger partial charge in [-0.15, -0.1) is 12.4 Å². The minimum absolute atomic E-state index is 0. The fraction of sp³-hybridized carbons (Fsp3) is 0.933. The number of halogens is 1. The third-order valence-corrected chi connectivity index (χ3v) is 4.82. The van der Waals surface area contributed by atoms with Crippen molar-refractivity contribution in [1.82, 2.24) is 4.90 Å². The number of carbonyl (C=O) groups excluding carboxylic acids is 1. The third kappa shape index (κ3) is 4.35. The van der Waals surface area contributed by atoms with E-state index in [1.807, 2.05) is 0 Å². The van der Waals surface area contributed by atoms with Crippen molar-refractivity contribution >= 4 is 18.3 Å². The van der Waals surface area contributed by atoms with Crippen LogP contribution in [-0.4, -0.2) is 30.4 Å². The van der Waals surface area contributed by atoms with Crippen molar-refractivity contribution in [2.24, 2.45) is 17.1 Å². The number of hydrogen-bond donors (Lipinski definition) is 1. The van der Waals surface area contributed by atoms with Gasteiger partial charge in [-0.25, -0.2) is 0 Å². The van der Waals surface area contributed by atoms with Crippen molar-refractivity contribution in [2.45, 2.75) is 58.3 Å². The van der Waals surface area contributed by atoms with E-state index in [4.69, 9.17) is 5.73 Å². The summed E-state index contributed by atoms with van der Waals surface area (Å²) in [6.45, 7) is 4.70. The molecule has 3 nitrogen and oxygen atoms in total. The maximum Gasteiger partial charge on any atom is 0.225 e. The number of carbonyl (C=O) groups is 1. The highest BCUT2D eigenvalue weighted by Gasteiger charge is 2.36. The molecule has 1 saturated carbocycles. The van der Waals surface area contributed by atoms with Gasteiger partial charge in [-0.3, -0.25) is 4.79 Å². The fourth-order valence-electron chi connectivity index (χ4n) is 3.34. The van der Waals surface area contributed by atoms with Gasteiger partial charge < -0.3 is 10.6 Å². The summed E-state index contributed by atoms with van der Waals surface area (Å²) in [4.78, 5) is 14.6. The van der Waals surface area contributed by atoms with Gasteiger partial charge in [0.1, 0.15) is 0 Å². The molecule has 1 atom stereocenters. The zero-order valence-corrected chi connectivity index (χ0v) is 13.0. The summed E-state index contributed by atoms with van der Waals surface area (Å²) < 4.78 is 0. The van der Waals surface area contributed by atoms with Crippen LogP contribution < -0.4 is 5.73 Å². The molecule has 0 aromatic carbocycles. The molecule has 1 saturated heterocycles. The molecule has 2 rings (SSSR count). The Balaban J connectivity index is 0.00000180. The van der Waals surface area contributed by atoms with Gasteiger partial charge >= 0.3 is 0 Å². The first-order chi connectivity index (χ1) is 8.64. The minimum Gasteiger partial charge on any atom is -0.342 e. The van der Waals surface area contributed by atoms with Crippen LogP contribution in [0.4, 0.5) is 0 Å². The first-order valence-corrected chi connectivity index (χ1v) is 7.63. The van der Waals surface area contributed by atoms with E-state index >= 15 is 0 Å². The summed E-state index contributed by atoms with van der Waals surface area (Å²) in [5.74, 6) is 0.708. The number of likely N-dealkylation sites (tertiary alicyclic amines) is 1. The molecule has 1 amide bonds. The SMILES string of the molecule is CC1(CN)CCN(C(=O)C2CCCCCCC2)C1.Cl. The highest BCUT2D eigenvalue weighted by atomic mass is 35.5. The molecular weight excluding hydrogens is 260 g/mol. The molecular formula is C15H29ClN2O. The average Bonchev–Trinajstić information content (AvgIpc) is 2.72. The van der Waals surface area contributed by atoms with Gasteiger partial charge in [0.15, 0.2) is 0 Å². The molecule has 1 heterocycles. The molecule has 0 aromatic heterocycles. The highest BCUT2D eigenvalue weighted by Crippen LogP contribution is 2.31. The van der Waals surface area contributed by atoms with E-state index in [0.717, 1.165) is 32.4 Å². The van der Waals surface area contributed by atoms with Crippen molar-refractivity contribution in [1.29, 1.82) is 0 Å². The Bertz CT molecular complexity index is 283. The summed E-state index contributed by atoms with van der Waals surface area (Å²) in [5, 5.41) is 0. The quantitative estimate of drug-likeness (QED) is 0.849. The van der Waals surface area contributed by atoms with E-state index in [1.54, 1.807) is 0 Å². The largest absolute Gasteiger partial charge is 0.342 e. The zero-order chi connectivity index (χ0) is 13.0. The van der Waals surface area contributed by atoms with Gasteiger partial charge in [0, 0.05) is 19.0 Å². The smallest absolute Gasteiger partial charge is 0.225 e. The van der Waals surface area contributed by atoms with Crippen molar-refractivity contribution in [3.05, 3.63) is 0 Å². The molecule has 2 aliphatic rings. The zero-order valence-electron chi connectivity index (χ0n) is 12.2. The van der Waals surface area contributed by atoms with E-state index in [9.17, 15) is 4.79 Å². The van der Waals surface area contributed by atoms with Crippen LogP contribution in [0.5, 0.6) is 0 Å². The lowest BCUT2D eigenvalue weighted by atomic mass is 9.89. The molecule has 1 aliphatic heterocycles. The number of rotatable bonds is 2. The average molecular weight is 289 g/mol. The Hall–Kier alpha value is -0.280. The van der Waals surface area contributed by atoms with E-state index in [1.165, 1.54) is 32.1 Å². The summed E-state index contributed by atoms with van der Waals surface area (Å²) in [5.41, 5.74) is 5.98. The van der Waals surface area contributed by atoms with E-state index in [0.29, 0.717) is 18.4 Å². The molecule has 4 heteroatoms. The topological polar surface area (TPSA) is 46.3 Å². The molecule has 1 unspecified atom stereocenters. The molecule has 0 radical (unpaired) electrons. The van der Waals surface area contributed by atoms with Gasteiger partial charge in [0.25, 0.3) is 0 Å². The first kappa shape index (κ1) is 16.8. The molecule has 112 valence electrons. The number of amides is 1. The maximum absolute atomic E-state index is 12.6. The summed E-state index contributed by atoms with van der Waals surface area (Å²) in [6, 6.07) is 0. The van der Waals surface area contributed by atoms with Crippen LogP contribution in [0.25, 0.3) is 0 Å². The maximum atomic E-state index is 12.6. The molecule has 0 bridgehead atoms. The van der Waals surface area contributed by atoms with Gasteiger partial charge in [-0.05, 0) is 31.2 Å². The third-order valence-electron chi connectivity index (χ3n) is 4.82. The van der Waals surface area contributed by atoms with Crippen molar-refractivity contribution in [2.75, 3.05) is 19.6 Å². The van der Waals surface area contributed by atoms with E-state index in [-0.39, 0.29) is 17.8 Å². The molecule has 19 heavy (non-hydrogen) atoms. The van der Waals surface area contributed by atoms with Crippen LogP contribution in [0.3, 0.4) is 0 Å². The predicted octanol–water partition coefficient (Wildman–Crippen LogP) is 2.97. The van der Waals surface area contributed by atoms with Crippen LogP contribution in [0.2, 0.25) is 0 Å². The van der Waals surface area contributed by atoms with Gasteiger partial charge in [-0.1, -0.05) is 39.0 Å². The number of nitrogens with zero attached hydrogens (tertiary/aromatic N) is 1. The Morgan fingerprint density at radius 1 is 1.21 bits per heavy atom. The van der Waals surface area contributed by atoms with E-state index < -0.39 is 0 Å². The Labute approximate surface area is 123 Å². The number of nitrogens with two attached hydrogens (primary N) is 1. The lowest BCUT2D eigenvalue weighted by Gasteiger charge is -2.27. The summed E-state index contributed by atoms with van der Waals surface area (Å²) >= 11 is 0. The monoisotopic (exact) mass is 288 g/mol. The van der Waals surface area contributed by atoms with Crippen LogP contribution in [0, 0.1) is 11.3 Å². The normalized spacial score (nSPS) is 29.5. The highest BCUT2D eigenvalue weighted by molar-refractivity contribution is 5.85. The van der Waals surface area contributed by atoms with Crippen LogP contribution in [0.1, 0.15) is 58.3 Å².